The second-order valence-corrected chi connectivity index (χ2v) is 4.37. The molecule has 21 heavy (non-hydrogen) atoms. The number of rotatable bonds is 4. The summed E-state index contributed by atoms with van der Waals surface area (Å²) in [5, 5.41) is 42.6. The summed E-state index contributed by atoms with van der Waals surface area (Å²) >= 11 is 0. The first-order valence-corrected chi connectivity index (χ1v) is 5.61. The summed E-state index contributed by atoms with van der Waals surface area (Å²) in [4.78, 5) is 52.4. The highest BCUT2D eigenvalue weighted by atomic mass is 16.4. The van der Waals surface area contributed by atoms with Crippen LogP contribution in [-0.4, -0.2) is 55.4 Å². The molecule has 1 aliphatic carbocycles. The second-order valence-electron chi connectivity index (χ2n) is 4.37. The van der Waals surface area contributed by atoms with E-state index >= 15 is 0 Å². The lowest BCUT2D eigenvalue weighted by atomic mass is 9.87. The van der Waals surface area contributed by atoms with Crippen LogP contribution in [0.5, 0.6) is 0 Å². The standard InChI is InChI=1S/C9H10O8.C2H4O2/c10-6(11)2-1-3(7(12)13)5(9(16)17)4(2)8(14)15;1-2(3)4/h2-5H,1H2,(H,10,11)(H,12,13)(H,14,15)(H,16,17);1H3,(H,3,4). The number of hydrogen-bond acceptors (Lipinski definition) is 5. The van der Waals surface area contributed by atoms with E-state index in [1.807, 2.05) is 0 Å². The van der Waals surface area contributed by atoms with Crippen LogP contribution < -0.4 is 0 Å². The van der Waals surface area contributed by atoms with Gasteiger partial charge in [-0.05, 0) is 6.42 Å². The van der Waals surface area contributed by atoms with Gasteiger partial charge >= 0.3 is 23.9 Å². The Kier molecular flexibility index (Phi) is 6.31. The van der Waals surface area contributed by atoms with Crippen molar-refractivity contribution in [3.05, 3.63) is 0 Å². The molecule has 1 saturated carbocycles. The van der Waals surface area contributed by atoms with Crippen molar-refractivity contribution in [3.63, 3.8) is 0 Å². The lowest BCUT2D eigenvalue weighted by Gasteiger charge is -2.16. The Bertz CT molecular complexity index is 428. The molecule has 0 aromatic rings. The van der Waals surface area contributed by atoms with E-state index in [4.69, 9.17) is 30.3 Å². The Morgan fingerprint density at radius 1 is 0.667 bits per heavy atom. The highest BCUT2D eigenvalue weighted by Gasteiger charge is 2.56. The van der Waals surface area contributed by atoms with Gasteiger partial charge in [-0.3, -0.25) is 24.0 Å². The Balaban J connectivity index is 0.000000885. The van der Waals surface area contributed by atoms with Crippen LogP contribution >= 0.6 is 0 Å². The maximum absolute atomic E-state index is 10.9. The minimum absolute atomic E-state index is 0.487. The van der Waals surface area contributed by atoms with E-state index in [9.17, 15) is 19.2 Å². The Morgan fingerprint density at radius 2 is 0.905 bits per heavy atom. The van der Waals surface area contributed by atoms with Crippen molar-refractivity contribution in [2.45, 2.75) is 13.3 Å². The van der Waals surface area contributed by atoms with Crippen LogP contribution in [-0.2, 0) is 24.0 Å². The zero-order chi connectivity index (χ0) is 16.9. The molecule has 0 amide bonds. The van der Waals surface area contributed by atoms with E-state index in [1.54, 1.807) is 0 Å². The van der Waals surface area contributed by atoms with Crippen molar-refractivity contribution >= 4 is 29.8 Å². The van der Waals surface area contributed by atoms with Crippen LogP contribution in [0.3, 0.4) is 0 Å². The molecule has 5 N–H and O–H groups in total. The van der Waals surface area contributed by atoms with Crippen LogP contribution in [0.4, 0.5) is 0 Å². The zero-order valence-electron chi connectivity index (χ0n) is 10.8. The largest absolute Gasteiger partial charge is 0.481 e. The molecule has 0 heterocycles. The van der Waals surface area contributed by atoms with E-state index in [2.05, 4.69) is 0 Å². The molecular formula is C11H14O10. The Morgan fingerprint density at radius 3 is 1.05 bits per heavy atom. The van der Waals surface area contributed by atoms with Gasteiger partial charge in [-0.25, -0.2) is 0 Å². The van der Waals surface area contributed by atoms with Gasteiger partial charge in [0.1, 0.15) is 0 Å². The van der Waals surface area contributed by atoms with E-state index in [0.29, 0.717) is 0 Å². The van der Waals surface area contributed by atoms with E-state index in [0.717, 1.165) is 6.92 Å². The summed E-state index contributed by atoms with van der Waals surface area (Å²) in [7, 11) is 0. The molecule has 0 radical (unpaired) electrons. The molecule has 0 aromatic heterocycles. The van der Waals surface area contributed by atoms with Gasteiger partial charge in [-0.15, -0.1) is 0 Å². The van der Waals surface area contributed by atoms with Crippen molar-refractivity contribution in [3.8, 4) is 0 Å². The third-order valence-electron chi connectivity index (χ3n) is 2.97. The maximum Gasteiger partial charge on any atom is 0.308 e. The summed E-state index contributed by atoms with van der Waals surface area (Å²) in [6, 6.07) is 0. The molecule has 0 saturated heterocycles. The quantitative estimate of drug-likeness (QED) is 0.443. The number of aliphatic carboxylic acids is 5. The normalized spacial score (nSPS) is 27.1. The monoisotopic (exact) mass is 306 g/mol. The first-order valence-electron chi connectivity index (χ1n) is 5.61. The molecule has 10 heteroatoms. The molecule has 4 unspecified atom stereocenters. The molecule has 1 aliphatic rings. The second kappa shape index (κ2) is 7.22. The fourth-order valence-electron chi connectivity index (χ4n) is 2.23. The zero-order valence-corrected chi connectivity index (χ0v) is 10.8. The van der Waals surface area contributed by atoms with Gasteiger partial charge < -0.3 is 25.5 Å². The lowest BCUT2D eigenvalue weighted by molar-refractivity contribution is -0.160. The van der Waals surface area contributed by atoms with Crippen molar-refractivity contribution in [2.24, 2.45) is 23.7 Å². The topological polar surface area (TPSA) is 186 Å². The molecule has 0 aliphatic heterocycles. The van der Waals surface area contributed by atoms with Crippen molar-refractivity contribution < 1.29 is 49.5 Å². The summed E-state index contributed by atoms with van der Waals surface area (Å²) in [5.41, 5.74) is 0. The number of carboxylic acid groups (broad SMARTS) is 5. The first-order chi connectivity index (χ1) is 9.50. The van der Waals surface area contributed by atoms with Crippen molar-refractivity contribution in [1.29, 1.82) is 0 Å². The van der Waals surface area contributed by atoms with Gasteiger partial charge in [0.2, 0.25) is 0 Å². The first kappa shape index (κ1) is 18.4. The van der Waals surface area contributed by atoms with E-state index in [-0.39, 0.29) is 0 Å². The average molecular weight is 306 g/mol. The minimum Gasteiger partial charge on any atom is -0.481 e. The van der Waals surface area contributed by atoms with Gasteiger partial charge in [-0.2, -0.15) is 0 Å². The fraction of sp³-hybridized carbons (Fsp3) is 0.545. The number of carbonyl (C=O) groups is 5. The highest BCUT2D eigenvalue weighted by Crippen LogP contribution is 2.42. The number of carboxylic acids is 5. The molecule has 1 fully saturated rings. The van der Waals surface area contributed by atoms with Gasteiger partial charge in [0, 0.05) is 6.92 Å². The number of hydrogen-bond donors (Lipinski definition) is 5. The molecule has 10 nitrogen and oxygen atoms in total. The summed E-state index contributed by atoms with van der Waals surface area (Å²) in [6.45, 7) is 1.08. The van der Waals surface area contributed by atoms with Gasteiger partial charge in [0.05, 0.1) is 23.7 Å². The molecule has 0 spiro atoms. The SMILES string of the molecule is CC(=O)O.O=C(O)C1CC(C(=O)O)C(C(=O)O)C1C(=O)O. The predicted molar refractivity (Wildman–Crippen MR) is 62.4 cm³/mol. The van der Waals surface area contributed by atoms with Crippen LogP contribution in [0.1, 0.15) is 13.3 Å². The van der Waals surface area contributed by atoms with Crippen LogP contribution in [0.15, 0.2) is 0 Å². The fourth-order valence-corrected chi connectivity index (χ4v) is 2.23. The summed E-state index contributed by atoms with van der Waals surface area (Å²) < 4.78 is 0. The van der Waals surface area contributed by atoms with E-state index < -0.39 is 59.9 Å². The van der Waals surface area contributed by atoms with Gasteiger partial charge in [0.15, 0.2) is 0 Å². The third-order valence-corrected chi connectivity index (χ3v) is 2.97. The van der Waals surface area contributed by atoms with Gasteiger partial charge in [0.25, 0.3) is 5.97 Å². The van der Waals surface area contributed by atoms with Crippen LogP contribution in [0.25, 0.3) is 0 Å². The Labute approximate surface area is 117 Å². The van der Waals surface area contributed by atoms with E-state index in [1.165, 1.54) is 0 Å². The minimum atomic E-state index is -1.72. The molecule has 118 valence electrons. The van der Waals surface area contributed by atoms with Crippen LogP contribution in [0, 0.1) is 23.7 Å². The van der Waals surface area contributed by atoms with Crippen LogP contribution in [0.2, 0.25) is 0 Å². The molecular weight excluding hydrogens is 292 g/mol. The summed E-state index contributed by atoms with van der Waals surface area (Å²) in [6.07, 6.45) is -0.487. The smallest absolute Gasteiger partial charge is 0.308 e. The lowest BCUT2D eigenvalue weighted by Crippen LogP contribution is -2.35. The van der Waals surface area contributed by atoms with Gasteiger partial charge in [-0.1, -0.05) is 0 Å². The molecule has 1 rings (SSSR count). The maximum atomic E-state index is 10.9. The summed E-state index contributed by atoms with van der Waals surface area (Å²) in [5.74, 6) is -13.4. The molecule has 0 aromatic carbocycles. The molecule has 0 bridgehead atoms. The van der Waals surface area contributed by atoms with Crippen molar-refractivity contribution in [1.82, 2.24) is 0 Å². The van der Waals surface area contributed by atoms with Crippen molar-refractivity contribution in [2.75, 3.05) is 0 Å². The highest BCUT2D eigenvalue weighted by molar-refractivity contribution is 5.90. The Hall–Kier alpha value is -2.65. The predicted octanol–water partition coefficient (Wildman–Crippen LogP) is -0.716. The average Bonchev–Trinajstić information content (AvgIpc) is 2.68. The third kappa shape index (κ3) is 4.75. The molecule has 4 atom stereocenters.